The van der Waals surface area contributed by atoms with E-state index in [0.29, 0.717) is 12.0 Å². The van der Waals surface area contributed by atoms with Crippen molar-refractivity contribution in [2.45, 2.75) is 26.8 Å². The summed E-state index contributed by atoms with van der Waals surface area (Å²) in [6.45, 7) is 3.78. The maximum Gasteiger partial charge on any atom is 0.263 e. The van der Waals surface area contributed by atoms with Crippen LogP contribution in [0, 0.1) is 18.6 Å². The fourth-order valence-electron chi connectivity index (χ4n) is 2.60. The van der Waals surface area contributed by atoms with Gasteiger partial charge < -0.3 is 9.88 Å². The summed E-state index contributed by atoms with van der Waals surface area (Å²) < 4.78 is 27.9. The molecule has 1 amide bonds. The molecule has 0 spiro atoms. The van der Waals surface area contributed by atoms with Gasteiger partial charge in [0.2, 0.25) is 0 Å². The first-order valence-electron chi connectivity index (χ1n) is 7.28. The highest BCUT2D eigenvalue weighted by Crippen LogP contribution is 2.14. The lowest BCUT2D eigenvalue weighted by Crippen LogP contribution is -2.33. The van der Waals surface area contributed by atoms with Gasteiger partial charge in [0.25, 0.3) is 11.5 Å². The summed E-state index contributed by atoms with van der Waals surface area (Å²) in [6, 6.07) is 5.06. The highest BCUT2D eigenvalue weighted by atomic mass is 19.2. The molecule has 2 aromatic rings. The summed E-state index contributed by atoms with van der Waals surface area (Å²) in [5, 5.41) is 2.43. The Labute approximate surface area is 132 Å². The first-order valence-corrected chi connectivity index (χ1v) is 7.28. The summed E-state index contributed by atoms with van der Waals surface area (Å²) >= 11 is 0. The summed E-state index contributed by atoms with van der Waals surface area (Å²) in [7, 11) is 1.45. The molecule has 23 heavy (non-hydrogen) atoms. The summed E-state index contributed by atoms with van der Waals surface area (Å²) in [5.41, 5.74) is 1.59. The van der Waals surface area contributed by atoms with Gasteiger partial charge in [-0.15, -0.1) is 0 Å². The van der Waals surface area contributed by atoms with Gasteiger partial charge in [0, 0.05) is 12.7 Å². The number of rotatable bonds is 4. The van der Waals surface area contributed by atoms with E-state index in [-0.39, 0.29) is 12.1 Å². The number of nitrogens with zero attached hydrogens (tertiary/aromatic N) is 1. The number of amides is 1. The van der Waals surface area contributed by atoms with Crippen molar-refractivity contribution in [2.75, 3.05) is 7.05 Å². The Bertz CT molecular complexity index is 813. The minimum atomic E-state index is -0.965. The molecule has 1 aromatic heterocycles. The van der Waals surface area contributed by atoms with Crippen LogP contribution in [-0.2, 0) is 13.0 Å². The van der Waals surface area contributed by atoms with Crippen LogP contribution in [0.3, 0.4) is 0 Å². The lowest BCUT2D eigenvalue weighted by atomic mass is 10.1. The van der Waals surface area contributed by atoms with Crippen molar-refractivity contribution in [1.29, 1.82) is 0 Å². The molecule has 0 saturated carbocycles. The molecule has 1 aromatic carbocycles. The van der Waals surface area contributed by atoms with Gasteiger partial charge in [0.15, 0.2) is 11.6 Å². The van der Waals surface area contributed by atoms with Gasteiger partial charge in [-0.1, -0.05) is 13.0 Å². The second-order valence-corrected chi connectivity index (χ2v) is 5.26. The third-order valence-corrected chi connectivity index (χ3v) is 3.75. The molecule has 0 atom stereocenters. The Hall–Kier alpha value is -2.50. The van der Waals surface area contributed by atoms with Crippen LogP contribution in [-0.4, -0.2) is 17.5 Å². The average molecular weight is 320 g/mol. The molecule has 0 saturated heterocycles. The van der Waals surface area contributed by atoms with Crippen LogP contribution in [0.1, 0.15) is 34.1 Å². The van der Waals surface area contributed by atoms with Crippen molar-refractivity contribution >= 4 is 5.91 Å². The molecule has 1 heterocycles. The van der Waals surface area contributed by atoms with E-state index >= 15 is 0 Å². The molecule has 0 aliphatic heterocycles. The Morgan fingerprint density at radius 1 is 1.22 bits per heavy atom. The highest BCUT2D eigenvalue weighted by molar-refractivity contribution is 5.93. The Balaban J connectivity index is 2.59. The number of pyridine rings is 1. The number of aryl methyl sites for hydroxylation is 1. The topological polar surface area (TPSA) is 51.1 Å². The number of benzene rings is 1. The normalized spacial score (nSPS) is 10.7. The molecule has 6 heteroatoms. The van der Waals surface area contributed by atoms with E-state index in [2.05, 4.69) is 5.32 Å². The third kappa shape index (κ3) is 3.31. The van der Waals surface area contributed by atoms with Gasteiger partial charge in [-0.3, -0.25) is 9.59 Å². The quantitative estimate of drug-likeness (QED) is 0.940. The fourth-order valence-corrected chi connectivity index (χ4v) is 2.60. The van der Waals surface area contributed by atoms with Gasteiger partial charge in [-0.2, -0.15) is 0 Å². The standard InChI is InChI=1S/C17H18F2N2O2/c1-4-15-10(2)7-12(16(22)20-3)17(23)21(15)9-11-5-6-13(18)14(19)8-11/h5-8H,4,9H2,1-3H3,(H,20,22). The minimum Gasteiger partial charge on any atom is -0.355 e. The monoisotopic (exact) mass is 320 g/mol. The molecule has 0 unspecified atom stereocenters. The third-order valence-electron chi connectivity index (χ3n) is 3.75. The maximum atomic E-state index is 13.4. The maximum absolute atomic E-state index is 13.4. The smallest absolute Gasteiger partial charge is 0.263 e. The molecular formula is C17H18F2N2O2. The van der Waals surface area contributed by atoms with Crippen molar-refractivity contribution in [3.05, 3.63) is 68.6 Å². The number of halogens is 2. The highest BCUT2D eigenvalue weighted by Gasteiger charge is 2.16. The van der Waals surface area contributed by atoms with Crippen molar-refractivity contribution in [3.8, 4) is 0 Å². The minimum absolute atomic E-state index is 0.0322. The van der Waals surface area contributed by atoms with Crippen LogP contribution >= 0.6 is 0 Å². The fraction of sp³-hybridized carbons (Fsp3) is 0.294. The summed E-state index contributed by atoms with van der Waals surface area (Å²) in [6.07, 6.45) is 0.582. The largest absolute Gasteiger partial charge is 0.355 e. The molecule has 0 aliphatic carbocycles. The van der Waals surface area contributed by atoms with Crippen molar-refractivity contribution in [3.63, 3.8) is 0 Å². The first kappa shape index (κ1) is 16.9. The van der Waals surface area contributed by atoms with Crippen LogP contribution in [0.5, 0.6) is 0 Å². The van der Waals surface area contributed by atoms with Gasteiger partial charge in [-0.25, -0.2) is 8.78 Å². The number of carbonyl (C=O) groups is 1. The molecule has 0 radical (unpaired) electrons. The van der Waals surface area contributed by atoms with E-state index in [1.54, 1.807) is 6.07 Å². The second-order valence-electron chi connectivity index (χ2n) is 5.26. The van der Waals surface area contributed by atoms with E-state index in [4.69, 9.17) is 0 Å². The van der Waals surface area contributed by atoms with E-state index in [1.807, 2.05) is 13.8 Å². The Morgan fingerprint density at radius 3 is 2.48 bits per heavy atom. The lowest BCUT2D eigenvalue weighted by Gasteiger charge is -2.16. The molecular weight excluding hydrogens is 302 g/mol. The number of nitrogens with one attached hydrogen (secondary N) is 1. The SMILES string of the molecule is CCc1c(C)cc(C(=O)NC)c(=O)n1Cc1ccc(F)c(F)c1. The van der Waals surface area contributed by atoms with Gasteiger partial charge in [0.1, 0.15) is 5.56 Å². The van der Waals surface area contributed by atoms with Crippen LogP contribution in [0.4, 0.5) is 8.78 Å². The zero-order chi connectivity index (χ0) is 17.1. The molecule has 4 nitrogen and oxygen atoms in total. The lowest BCUT2D eigenvalue weighted by molar-refractivity contribution is 0.0961. The van der Waals surface area contributed by atoms with E-state index in [9.17, 15) is 18.4 Å². The van der Waals surface area contributed by atoms with Gasteiger partial charge in [0.05, 0.1) is 6.54 Å². The van der Waals surface area contributed by atoms with Crippen LogP contribution < -0.4 is 10.9 Å². The average Bonchev–Trinajstić information content (AvgIpc) is 2.53. The predicted octanol–water partition coefficient (Wildman–Crippen LogP) is 2.41. The predicted molar refractivity (Wildman–Crippen MR) is 83.7 cm³/mol. The Kier molecular flexibility index (Phi) is 4.93. The molecule has 2 rings (SSSR count). The van der Waals surface area contributed by atoms with Crippen molar-refractivity contribution < 1.29 is 13.6 Å². The van der Waals surface area contributed by atoms with Gasteiger partial charge >= 0.3 is 0 Å². The molecule has 0 fully saturated rings. The molecule has 1 N–H and O–H groups in total. The summed E-state index contributed by atoms with van der Waals surface area (Å²) in [5.74, 6) is -2.38. The molecule has 0 bridgehead atoms. The molecule has 0 aliphatic rings. The Morgan fingerprint density at radius 2 is 1.91 bits per heavy atom. The van der Waals surface area contributed by atoms with Crippen molar-refractivity contribution in [1.82, 2.24) is 9.88 Å². The number of hydrogen-bond donors (Lipinski definition) is 1. The zero-order valence-corrected chi connectivity index (χ0v) is 13.2. The second kappa shape index (κ2) is 6.73. The van der Waals surface area contributed by atoms with Crippen LogP contribution in [0.15, 0.2) is 29.1 Å². The van der Waals surface area contributed by atoms with Gasteiger partial charge in [-0.05, 0) is 42.7 Å². The van der Waals surface area contributed by atoms with E-state index in [0.717, 1.165) is 23.4 Å². The number of aromatic nitrogens is 1. The van der Waals surface area contributed by atoms with Crippen molar-refractivity contribution in [2.24, 2.45) is 0 Å². The number of carbonyl (C=O) groups excluding carboxylic acids is 1. The van der Waals surface area contributed by atoms with E-state index < -0.39 is 23.1 Å². The first-order chi connectivity index (χ1) is 10.9. The van der Waals surface area contributed by atoms with E-state index in [1.165, 1.54) is 17.7 Å². The zero-order valence-electron chi connectivity index (χ0n) is 13.2. The summed E-state index contributed by atoms with van der Waals surface area (Å²) in [4.78, 5) is 24.4. The molecule has 122 valence electrons. The number of hydrogen-bond acceptors (Lipinski definition) is 2. The van der Waals surface area contributed by atoms with Crippen LogP contribution in [0.25, 0.3) is 0 Å². The van der Waals surface area contributed by atoms with Crippen LogP contribution in [0.2, 0.25) is 0 Å².